The number of ether oxygens (including phenoxy) is 2. The molecule has 7 rings (SSSR count). The number of rotatable bonds is 5. The van der Waals surface area contributed by atoms with Crippen molar-refractivity contribution >= 4 is 83.8 Å². The first-order valence-electron chi connectivity index (χ1n) is 13.6. The van der Waals surface area contributed by atoms with E-state index in [0.29, 0.717) is 54.8 Å². The fourth-order valence-electron chi connectivity index (χ4n) is 5.08. The van der Waals surface area contributed by atoms with Gasteiger partial charge in [-0.2, -0.15) is 8.42 Å². The fraction of sp³-hybridized carbons (Fsp3) is 0.276. The van der Waals surface area contributed by atoms with Gasteiger partial charge in [0.1, 0.15) is 16.6 Å². The molecule has 4 aromatic heterocycles. The van der Waals surface area contributed by atoms with Gasteiger partial charge >= 0.3 is 6.09 Å². The Labute approximate surface area is 267 Å². The third-order valence-corrected chi connectivity index (χ3v) is 11.3. The molecule has 0 spiro atoms. The molecule has 2 saturated heterocycles. The number of hydrogen-bond donors (Lipinski definition) is 2. The first-order valence-corrected chi connectivity index (χ1v) is 16.8. The van der Waals surface area contributed by atoms with Gasteiger partial charge in [0.05, 0.1) is 39.9 Å². The molecule has 2 fully saturated rings. The average molecular weight is 671 g/mol. The number of hydrogen-bond acceptors (Lipinski definition) is 11. The predicted molar refractivity (Wildman–Crippen MR) is 173 cm³/mol. The van der Waals surface area contributed by atoms with E-state index in [1.807, 2.05) is 18.2 Å². The molecule has 15 heteroatoms. The minimum atomic E-state index is -3.65. The van der Waals surface area contributed by atoms with E-state index in [9.17, 15) is 13.2 Å². The van der Waals surface area contributed by atoms with E-state index in [1.165, 1.54) is 33.0 Å². The van der Waals surface area contributed by atoms with Crippen LogP contribution in [-0.2, 0) is 19.5 Å². The van der Waals surface area contributed by atoms with Crippen LogP contribution in [0.1, 0.15) is 11.3 Å². The van der Waals surface area contributed by atoms with Gasteiger partial charge in [-0.1, -0.05) is 17.9 Å². The number of aromatic nitrogens is 3. The Hall–Kier alpha value is -3.71. The molecule has 1 aromatic carbocycles. The Balaban J connectivity index is 0.00000343. The first kappa shape index (κ1) is 30.3. The minimum Gasteiger partial charge on any atom is -0.445 e. The van der Waals surface area contributed by atoms with Crippen LogP contribution in [0, 0.1) is 11.8 Å². The lowest BCUT2D eigenvalue weighted by atomic mass is 10.2. The molecule has 1 amide bonds. The summed E-state index contributed by atoms with van der Waals surface area (Å²) in [6.45, 7) is 2.74. The lowest BCUT2D eigenvalue weighted by Crippen LogP contribution is -2.42. The maximum Gasteiger partial charge on any atom is 0.410 e. The van der Waals surface area contributed by atoms with Gasteiger partial charge in [-0.25, -0.2) is 18.7 Å². The fourth-order valence-corrected chi connectivity index (χ4v) is 8.43. The van der Waals surface area contributed by atoms with Crippen molar-refractivity contribution in [3.63, 3.8) is 0 Å². The lowest BCUT2D eigenvalue weighted by Gasteiger charge is -2.27. The van der Waals surface area contributed by atoms with Crippen molar-refractivity contribution in [2.24, 2.45) is 0 Å². The Morgan fingerprint density at radius 1 is 1.16 bits per heavy atom. The highest BCUT2D eigenvalue weighted by Gasteiger charge is 2.28. The first-order chi connectivity index (χ1) is 20.9. The molecule has 0 saturated carbocycles. The topological polar surface area (TPSA) is 128 Å². The molecule has 0 aliphatic carbocycles. The van der Waals surface area contributed by atoms with Crippen molar-refractivity contribution in [2.75, 3.05) is 38.2 Å². The molecule has 0 unspecified atom stereocenters. The summed E-state index contributed by atoms with van der Waals surface area (Å²) >= 11 is 2.68. The molecule has 0 bridgehead atoms. The highest BCUT2D eigenvalue weighted by Crippen LogP contribution is 2.32. The number of fused-ring (bicyclic) bond motifs is 2. The van der Waals surface area contributed by atoms with Crippen molar-refractivity contribution in [1.29, 1.82) is 0 Å². The number of nitrogens with one attached hydrogen (secondary N) is 2. The van der Waals surface area contributed by atoms with Gasteiger partial charge in [-0.15, -0.1) is 35.1 Å². The van der Waals surface area contributed by atoms with E-state index in [-0.39, 0.29) is 30.6 Å². The summed E-state index contributed by atoms with van der Waals surface area (Å²) in [5.41, 5.74) is 2.14. The van der Waals surface area contributed by atoms with E-state index in [1.54, 1.807) is 40.7 Å². The summed E-state index contributed by atoms with van der Waals surface area (Å²) in [4.78, 5) is 23.8. The SMILES string of the molecule is Cl.O=C(O[C@H]1CN[C@H](C#Cc2cc3ncnc(Nc4ccc5c(ccn5S(=O)(=O)c5cccs5)c4)c3s2)C1)N1CCOCC1. The van der Waals surface area contributed by atoms with E-state index >= 15 is 0 Å². The van der Waals surface area contributed by atoms with Crippen LogP contribution in [0.5, 0.6) is 0 Å². The third-order valence-electron chi connectivity index (χ3n) is 7.23. The van der Waals surface area contributed by atoms with Gasteiger partial charge in [0, 0.05) is 43.3 Å². The summed E-state index contributed by atoms with van der Waals surface area (Å²) in [7, 11) is -3.65. The van der Waals surface area contributed by atoms with E-state index in [2.05, 4.69) is 32.4 Å². The van der Waals surface area contributed by atoms with Crippen molar-refractivity contribution in [3.05, 3.63) is 65.2 Å². The molecule has 0 radical (unpaired) electrons. The van der Waals surface area contributed by atoms with Crippen LogP contribution >= 0.6 is 35.1 Å². The van der Waals surface area contributed by atoms with Crippen LogP contribution in [0.15, 0.2) is 64.6 Å². The third kappa shape index (κ3) is 6.12. The zero-order chi connectivity index (χ0) is 29.4. The number of benzene rings is 1. The molecule has 228 valence electrons. The Morgan fingerprint density at radius 2 is 2.02 bits per heavy atom. The largest absolute Gasteiger partial charge is 0.445 e. The van der Waals surface area contributed by atoms with Gasteiger partial charge in [-0.05, 0) is 41.8 Å². The van der Waals surface area contributed by atoms with E-state index in [0.717, 1.165) is 26.2 Å². The zero-order valence-corrected chi connectivity index (χ0v) is 26.4. The Morgan fingerprint density at radius 3 is 2.84 bits per heavy atom. The molecule has 6 heterocycles. The zero-order valence-electron chi connectivity index (χ0n) is 23.1. The van der Waals surface area contributed by atoms with Crippen LogP contribution in [0.25, 0.3) is 21.1 Å². The second-order valence-electron chi connectivity index (χ2n) is 10.1. The number of carbonyl (C=O) groups excluding carboxylic acids is 1. The molecule has 5 aromatic rings. The standard InChI is InChI=1S/C29H26N6O5S3.ClH/c36-29(34-9-11-39-12-10-34)40-22-15-20(30-17-22)3-5-23-16-24-27(42-23)28(32-18-31-24)33-21-4-6-25-19(14-21)7-8-35(25)43(37,38)26-2-1-13-41-26;/h1-2,4,6-8,13-14,16,18,20,22,30H,9-12,15,17H2,(H,31,32,33);1H/t20-,22-;/m1./s1. The molecule has 2 N–H and O–H groups in total. The number of halogens is 1. The average Bonchev–Trinajstić information content (AvgIpc) is 3.83. The van der Waals surface area contributed by atoms with Crippen molar-refractivity contribution in [2.45, 2.75) is 22.8 Å². The second-order valence-corrected chi connectivity index (χ2v) is 14.1. The lowest BCUT2D eigenvalue weighted by molar-refractivity contribution is 0.0156. The second kappa shape index (κ2) is 12.7. The van der Waals surface area contributed by atoms with Crippen molar-refractivity contribution < 1.29 is 22.7 Å². The maximum atomic E-state index is 13.1. The highest BCUT2D eigenvalue weighted by atomic mass is 35.5. The molecule has 2 aliphatic rings. The van der Waals surface area contributed by atoms with E-state index in [4.69, 9.17) is 9.47 Å². The molecular formula is C29H27ClN6O5S3. The molecule has 2 atom stereocenters. The maximum absolute atomic E-state index is 13.1. The highest BCUT2D eigenvalue weighted by molar-refractivity contribution is 7.92. The summed E-state index contributed by atoms with van der Waals surface area (Å²) in [6.07, 6.45) is 3.19. The quantitative estimate of drug-likeness (QED) is 0.257. The van der Waals surface area contributed by atoms with Crippen LogP contribution < -0.4 is 10.6 Å². The van der Waals surface area contributed by atoms with Gasteiger partial charge in [0.15, 0.2) is 5.82 Å². The molecular weight excluding hydrogens is 644 g/mol. The van der Waals surface area contributed by atoms with Gasteiger partial charge in [0.25, 0.3) is 10.0 Å². The molecule has 44 heavy (non-hydrogen) atoms. The number of anilines is 2. The molecule has 2 aliphatic heterocycles. The normalized spacial score (nSPS) is 18.5. The summed E-state index contributed by atoms with van der Waals surface area (Å²) < 4.78 is 39.5. The number of amides is 1. The van der Waals surface area contributed by atoms with Gasteiger partial charge in [0.2, 0.25) is 0 Å². The van der Waals surface area contributed by atoms with Crippen LogP contribution in [0.3, 0.4) is 0 Å². The number of thiophene rings is 2. The predicted octanol–water partition coefficient (Wildman–Crippen LogP) is 4.66. The van der Waals surface area contributed by atoms with Gasteiger partial charge in [-0.3, -0.25) is 5.32 Å². The van der Waals surface area contributed by atoms with Crippen LogP contribution in [-0.4, -0.2) is 78.3 Å². The van der Waals surface area contributed by atoms with Crippen molar-refractivity contribution in [3.8, 4) is 11.8 Å². The summed E-state index contributed by atoms with van der Waals surface area (Å²) in [5, 5.41) is 9.22. The van der Waals surface area contributed by atoms with E-state index < -0.39 is 10.0 Å². The minimum absolute atomic E-state index is 0. The van der Waals surface area contributed by atoms with Gasteiger partial charge < -0.3 is 19.7 Å². The monoisotopic (exact) mass is 670 g/mol. The number of morpholine rings is 1. The van der Waals surface area contributed by atoms with Crippen molar-refractivity contribution in [1.82, 2.24) is 24.2 Å². The smallest absolute Gasteiger partial charge is 0.410 e. The summed E-state index contributed by atoms with van der Waals surface area (Å²) in [5.74, 6) is 7.14. The molecule has 11 nitrogen and oxygen atoms in total. The summed E-state index contributed by atoms with van der Waals surface area (Å²) in [6, 6.07) is 12.5. The van der Waals surface area contributed by atoms with Crippen LogP contribution in [0.4, 0.5) is 16.3 Å². The Bertz CT molecular complexity index is 1980. The number of carbonyl (C=O) groups is 1. The Kier molecular flexibility index (Phi) is 8.77. The van der Waals surface area contributed by atoms with Crippen LogP contribution in [0.2, 0.25) is 0 Å². The number of nitrogens with zero attached hydrogens (tertiary/aromatic N) is 4.